The van der Waals surface area contributed by atoms with Gasteiger partial charge >= 0.3 is 0 Å². The summed E-state index contributed by atoms with van der Waals surface area (Å²) in [6, 6.07) is 8.61. The van der Waals surface area contributed by atoms with Crippen LogP contribution in [0, 0.1) is 12.7 Å². The van der Waals surface area contributed by atoms with E-state index in [0.717, 1.165) is 16.6 Å². The Labute approximate surface area is 97.5 Å². The maximum absolute atomic E-state index is 13.9. The third-order valence-electron chi connectivity index (χ3n) is 2.67. The Morgan fingerprint density at radius 3 is 2.82 bits per heavy atom. The van der Waals surface area contributed by atoms with Crippen LogP contribution in [0.2, 0.25) is 0 Å². The molecule has 0 N–H and O–H groups in total. The van der Waals surface area contributed by atoms with Gasteiger partial charge in [0, 0.05) is 23.5 Å². The first-order valence-corrected chi connectivity index (χ1v) is 5.31. The van der Waals surface area contributed by atoms with Crippen LogP contribution in [0.15, 0.2) is 42.7 Å². The summed E-state index contributed by atoms with van der Waals surface area (Å²) in [4.78, 5) is 4.38. The molecule has 4 heteroatoms. The summed E-state index contributed by atoms with van der Waals surface area (Å²) >= 11 is 0. The zero-order valence-corrected chi connectivity index (χ0v) is 9.26. The van der Waals surface area contributed by atoms with Crippen LogP contribution in [0.5, 0.6) is 0 Å². The van der Waals surface area contributed by atoms with Crippen molar-refractivity contribution in [1.29, 1.82) is 0 Å². The Morgan fingerprint density at radius 1 is 1.18 bits per heavy atom. The molecular formula is C13H10FN3. The van der Waals surface area contributed by atoms with Gasteiger partial charge in [-0.25, -0.2) is 9.07 Å². The van der Waals surface area contributed by atoms with Gasteiger partial charge in [0.1, 0.15) is 11.5 Å². The van der Waals surface area contributed by atoms with Crippen molar-refractivity contribution >= 4 is 10.9 Å². The van der Waals surface area contributed by atoms with Gasteiger partial charge in [-0.05, 0) is 37.3 Å². The van der Waals surface area contributed by atoms with Crippen LogP contribution in [0.25, 0.3) is 16.6 Å². The molecule has 3 aromatic rings. The number of aryl methyl sites for hydroxylation is 1. The molecule has 2 aromatic heterocycles. The van der Waals surface area contributed by atoms with Gasteiger partial charge in [-0.3, -0.25) is 4.98 Å². The Balaban J connectivity index is 2.40. The van der Waals surface area contributed by atoms with E-state index >= 15 is 0 Å². The smallest absolute Gasteiger partial charge is 0.149 e. The molecule has 2 heterocycles. The number of benzene rings is 1. The van der Waals surface area contributed by atoms with Crippen LogP contribution in [0.3, 0.4) is 0 Å². The maximum Gasteiger partial charge on any atom is 0.149 e. The average Bonchev–Trinajstić information content (AvgIpc) is 2.82. The van der Waals surface area contributed by atoms with Crippen LogP contribution in [-0.2, 0) is 0 Å². The van der Waals surface area contributed by atoms with Gasteiger partial charge in [-0.1, -0.05) is 0 Å². The normalized spacial score (nSPS) is 10.9. The molecule has 0 radical (unpaired) electrons. The minimum absolute atomic E-state index is 0.299. The minimum Gasteiger partial charge on any atom is -0.253 e. The lowest BCUT2D eigenvalue weighted by Gasteiger charge is -2.08. The molecule has 0 amide bonds. The summed E-state index contributed by atoms with van der Waals surface area (Å²) in [6.45, 7) is 1.91. The first kappa shape index (κ1) is 9.96. The second-order valence-electron chi connectivity index (χ2n) is 3.87. The van der Waals surface area contributed by atoms with E-state index in [1.165, 1.54) is 10.7 Å². The number of hydrogen-bond acceptors (Lipinski definition) is 2. The number of pyridine rings is 1. The van der Waals surface area contributed by atoms with Crippen LogP contribution in [0.4, 0.5) is 4.39 Å². The second-order valence-corrected chi connectivity index (χ2v) is 3.87. The van der Waals surface area contributed by atoms with E-state index in [9.17, 15) is 4.39 Å². The number of nitrogens with zero attached hydrogens (tertiary/aromatic N) is 3. The van der Waals surface area contributed by atoms with Gasteiger partial charge < -0.3 is 0 Å². The van der Waals surface area contributed by atoms with Crippen molar-refractivity contribution in [2.24, 2.45) is 0 Å². The first-order chi connectivity index (χ1) is 8.25. The van der Waals surface area contributed by atoms with Gasteiger partial charge in [-0.2, -0.15) is 5.10 Å². The largest absolute Gasteiger partial charge is 0.253 e. The Bertz CT molecular complexity index is 674. The Hall–Kier alpha value is -2.23. The molecule has 84 valence electrons. The third kappa shape index (κ3) is 1.58. The zero-order chi connectivity index (χ0) is 11.8. The lowest BCUT2D eigenvalue weighted by molar-refractivity contribution is 0.613. The number of aromatic nitrogens is 3. The predicted octanol–water partition coefficient (Wildman–Crippen LogP) is 2.87. The van der Waals surface area contributed by atoms with Crippen molar-refractivity contribution in [3.8, 4) is 5.69 Å². The third-order valence-corrected chi connectivity index (χ3v) is 2.67. The van der Waals surface area contributed by atoms with Crippen molar-refractivity contribution in [3.05, 3.63) is 54.2 Å². The van der Waals surface area contributed by atoms with E-state index in [2.05, 4.69) is 10.1 Å². The van der Waals surface area contributed by atoms with Crippen molar-refractivity contribution in [2.75, 3.05) is 0 Å². The van der Waals surface area contributed by atoms with Gasteiger partial charge in [0.05, 0.1) is 5.52 Å². The molecule has 0 aliphatic rings. The molecule has 3 rings (SSSR count). The molecule has 0 atom stereocenters. The summed E-state index contributed by atoms with van der Waals surface area (Å²) in [5.41, 5.74) is 2.13. The molecule has 0 saturated carbocycles. The van der Waals surface area contributed by atoms with Crippen molar-refractivity contribution in [2.45, 2.75) is 6.92 Å². The van der Waals surface area contributed by atoms with E-state index < -0.39 is 0 Å². The van der Waals surface area contributed by atoms with Crippen molar-refractivity contribution in [3.63, 3.8) is 0 Å². The molecule has 0 spiro atoms. The molecule has 0 unspecified atom stereocenters. The van der Waals surface area contributed by atoms with E-state index in [4.69, 9.17) is 0 Å². The monoisotopic (exact) mass is 227 g/mol. The lowest BCUT2D eigenvalue weighted by atomic mass is 10.1. The highest BCUT2D eigenvalue weighted by Gasteiger charge is 2.10. The Morgan fingerprint density at radius 2 is 2.06 bits per heavy atom. The van der Waals surface area contributed by atoms with E-state index in [-0.39, 0.29) is 5.82 Å². The average molecular weight is 227 g/mol. The molecule has 0 aliphatic heterocycles. The topological polar surface area (TPSA) is 30.7 Å². The van der Waals surface area contributed by atoms with Crippen LogP contribution >= 0.6 is 0 Å². The maximum atomic E-state index is 13.9. The summed E-state index contributed by atoms with van der Waals surface area (Å²) in [5.74, 6) is -0.299. The summed E-state index contributed by atoms with van der Waals surface area (Å²) < 4.78 is 15.4. The minimum atomic E-state index is -0.299. The highest BCUT2D eigenvalue weighted by Crippen LogP contribution is 2.23. The molecule has 0 saturated heterocycles. The predicted molar refractivity (Wildman–Crippen MR) is 63.6 cm³/mol. The van der Waals surface area contributed by atoms with Gasteiger partial charge in [0.2, 0.25) is 0 Å². The fourth-order valence-corrected chi connectivity index (χ4v) is 1.90. The second kappa shape index (κ2) is 3.66. The fraction of sp³-hybridized carbons (Fsp3) is 0.0769. The number of halogens is 1. The molecular weight excluding hydrogens is 217 g/mol. The highest BCUT2D eigenvalue weighted by atomic mass is 19.1. The summed E-state index contributed by atoms with van der Waals surface area (Å²) in [7, 11) is 0. The molecule has 1 aromatic carbocycles. The van der Waals surface area contributed by atoms with Gasteiger partial charge in [-0.15, -0.1) is 0 Å². The SMILES string of the molecule is Cc1ccc2c(-n3cccn3)c(F)ccc2n1. The van der Waals surface area contributed by atoms with Crippen LogP contribution in [-0.4, -0.2) is 14.8 Å². The Kier molecular flexibility index (Phi) is 2.14. The summed E-state index contributed by atoms with van der Waals surface area (Å²) in [5, 5.41) is 4.83. The number of rotatable bonds is 1. The number of hydrogen-bond donors (Lipinski definition) is 0. The molecule has 0 bridgehead atoms. The standard InChI is InChI=1S/C13H10FN3/c1-9-3-4-10-12(16-9)6-5-11(14)13(10)17-8-2-7-15-17/h2-8H,1H3. The quantitative estimate of drug-likeness (QED) is 0.640. The van der Waals surface area contributed by atoms with E-state index in [0.29, 0.717) is 5.69 Å². The number of fused-ring (bicyclic) bond motifs is 1. The molecule has 0 fully saturated rings. The highest BCUT2D eigenvalue weighted by molar-refractivity contribution is 5.87. The van der Waals surface area contributed by atoms with Crippen molar-refractivity contribution < 1.29 is 4.39 Å². The fourth-order valence-electron chi connectivity index (χ4n) is 1.90. The van der Waals surface area contributed by atoms with Crippen LogP contribution in [0.1, 0.15) is 5.69 Å². The van der Waals surface area contributed by atoms with E-state index in [1.54, 1.807) is 24.5 Å². The van der Waals surface area contributed by atoms with Gasteiger partial charge in [0.25, 0.3) is 0 Å². The molecule has 3 nitrogen and oxygen atoms in total. The van der Waals surface area contributed by atoms with Crippen molar-refractivity contribution in [1.82, 2.24) is 14.8 Å². The molecule has 0 aliphatic carbocycles. The lowest BCUT2D eigenvalue weighted by Crippen LogP contribution is -2.00. The van der Waals surface area contributed by atoms with Crippen LogP contribution < -0.4 is 0 Å². The van der Waals surface area contributed by atoms with E-state index in [1.807, 2.05) is 19.1 Å². The zero-order valence-electron chi connectivity index (χ0n) is 9.26. The first-order valence-electron chi connectivity index (χ1n) is 5.31. The molecule has 17 heavy (non-hydrogen) atoms. The summed E-state index contributed by atoms with van der Waals surface area (Å²) in [6.07, 6.45) is 3.34. The van der Waals surface area contributed by atoms with Gasteiger partial charge in [0.15, 0.2) is 0 Å².